The van der Waals surface area contributed by atoms with E-state index in [1.807, 2.05) is 0 Å². The summed E-state index contributed by atoms with van der Waals surface area (Å²) < 4.78 is 0. The maximum atomic E-state index is 9.56. The van der Waals surface area contributed by atoms with Gasteiger partial charge in [0.2, 0.25) is 0 Å². The molecule has 2 N–H and O–H groups in total. The first-order valence-corrected chi connectivity index (χ1v) is 10.5. The van der Waals surface area contributed by atoms with Crippen molar-refractivity contribution < 1.29 is 5.11 Å². The van der Waals surface area contributed by atoms with Crippen molar-refractivity contribution in [3.63, 3.8) is 0 Å². The number of aryl methyl sites for hydroxylation is 1. The van der Waals surface area contributed by atoms with Gasteiger partial charge in [-0.1, -0.05) is 48.5 Å². The lowest BCUT2D eigenvalue weighted by atomic mass is 10.1. The van der Waals surface area contributed by atoms with Gasteiger partial charge in [0.15, 0.2) is 0 Å². The Balaban J connectivity index is 1.31. The van der Waals surface area contributed by atoms with E-state index < -0.39 is 0 Å². The molecule has 0 amide bonds. The number of aliphatic hydroxyl groups is 1. The second kappa shape index (κ2) is 9.37. The Hall–Kier alpha value is -2.14. The molecule has 1 unspecified atom stereocenters. The van der Waals surface area contributed by atoms with Crippen LogP contribution in [0.1, 0.15) is 24.1 Å². The molecule has 1 aromatic heterocycles. The van der Waals surface area contributed by atoms with Crippen LogP contribution >= 0.6 is 0 Å². The first kappa shape index (κ1) is 19.2. The quantitative estimate of drug-likeness (QED) is 0.629. The molecule has 148 valence electrons. The molecular formula is C24H31N3O. The largest absolute Gasteiger partial charge is 0.396 e. The average Bonchev–Trinajstić information content (AvgIpc) is 3.13. The lowest BCUT2D eigenvalue weighted by molar-refractivity contribution is 0.0542. The molecule has 0 spiro atoms. The first-order chi connectivity index (χ1) is 13.8. The topological polar surface area (TPSA) is 42.5 Å². The van der Waals surface area contributed by atoms with Crippen LogP contribution in [0.25, 0.3) is 10.9 Å². The molecule has 1 atom stereocenters. The molecule has 4 heteroatoms. The van der Waals surface area contributed by atoms with E-state index in [4.69, 9.17) is 0 Å². The molecule has 1 fully saturated rings. The van der Waals surface area contributed by atoms with E-state index in [-0.39, 0.29) is 6.61 Å². The number of rotatable bonds is 8. The van der Waals surface area contributed by atoms with Crippen molar-refractivity contribution in [3.8, 4) is 0 Å². The van der Waals surface area contributed by atoms with Crippen LogP contribution in [0.2, 0.25) is 0 Å². The fourth-order valence-corrected chi connectivity index (χ4v) is 4.41. The van der Waals surface area contributed by atoms with Crippen molar-refractivity contribution in [2.75, 3.05) is 32.8 Å². The summed E-state index contributed by atoms with van der Waals surface area (Å²) >= 11 is 0. The summed E-state index contributed by atoms with van der Waals surface area (Å²) in [6.07, 6.45) is 3.16. The van der Waals surface area contributed by atoms with E-state index >= 15 is 0 Å². The summed E-state index contributed by atoms with van der Waals surface area (Å²) in [5, 5.41) is 10.8. The van der Waals surface area contributed by atoms with E-state index in [0.717, 1.165) is 45.6 Å². The standard InChI is InChI=1S/C24H31N3O/c28-16-12-23-19-26(18-22-17-21-10-4-5-11-24(21)25-22)14-15-27(23)13-6-9-20-7-2-1-3-8-20/h1-5,7-8,10-11,17,23,25,28H,6,9,12-16,18-19H2. The summed E-state index contributed by atoms with van der Waals surface area (Å²) in [5.41, 5.74) is 3.91. The number of aromatic amines is 1. The van der Waals surface area contributed by atoms with Crippen LogP contribution in [0.3, 0.4) is 0 Å². The molecule has 1 aliphatic rings. The summed E-state index contributed by atoms with van der Waals surface area (Å²) in [6, 6.07) is 21.9. The second-order valence-corrected chi connectivity index (χ2v) is 7.91. The second-order valence-electron chi connectivity index (χ2n) is 7.91. The molecule has 0 saturated carbocycles. The zero-order valence-electron chi connectivity index (χ0n) is 16.6. The van der Waals surface area contributed by atoms with Gasteiger partial charge in [-0.15, -0.1) is 0 Å². The number of benzene rings is 2. The average molecular weight is 378 g/mol. The van der Waals surface area contributed by atoms with Crippen molar-refractivity contribution >= 4 is 10.9 Å². The van der Waals surface area contributed by atoms with Gasteiger partial charge in [0.05, 0.1) is 0 Å². The van der Waals surface area contributed by atoms with Crippen LogP contribution in [0.4, 0.5) is 0 Å². The highest BCUT2D eigenvalue weighted by Crippen LogP contribution is 2.19. The third-order valence-corrected chi connectivity index (χ3v) is 5.88. The lowest BCUT2D eigenvalue weighted by Crippen LogP contribution is -2.53. The van der Waals surface area contributed by atoms with Crippen LogP contribution in [0, 0.1) is 0 Å². The summed E-state index contributed by atoms with van der Waals surface area (Å²) in [4.78, 5) is 8.66. The van der Waals surface area contributed by atoms with Gasteiger partial charge >= 0.3 is 0 Å². The summed E-state index contributed by atoms with van der Waals surface area (Å²) in [6.45, 7) is 5.53. The maximum absolute atomic E-state index is 9.56. The maximum Gasteiger partial charge on any atom is 0.0456 e. The minimum Gasteiger partial charge on any atom is -0.396 e. The molecule has 0 aliphatic carbocycles. The highest BCUT2D eigenvalue weighted by atomic mass is 16.3. The van der Waals surface area contributed by atoms with Crippen molar-refractivity contribution in [2.45, 2.75) is 31.8 Å². The molecule has 0 bridgehead atoms. The highest BCUT2D eigenvalue weighted by molar-refractivity contribution is 5.80. The molecule has 0 radical (unpaired) electrons. The number of H-pyrrole nitrogens is 1. The van der Waals surface area contributed by atoms with Crippen molar-refractivity contribution in [1.29, 1.82) is 0 Å². The Morgan fingerprint density at radius 3 is 2.64 bits per heavy atom. The van der Waals surface area contributed by atoms with E-state index in [2.05, 4.69) is 75.4 Å². The molecule has 1 saturated heterocycles. The molecule has 3 aromatic rings. The van der Waals surface area contributed by atoms with Crippen LogP contribution in [-0.4, -0.2) is 58.7 Å². The molecule has 4 nitrogen and oxygen atoms in total. The number of hydrogen-bond acceptors (Lipinski definition) is 3. The minimum absolute atomic E-state index is 0.264. The number of piperazine rings is 1. The Morgan fingerprint density at radius 2 is 1.82 bits per heavy atom. The van der Waals surface area contributed by atoms with Gasteiger partial charge in [0, 0.05) is 50.0 Å². The van der Waals surface area contributed by atoms with Gasteiger partial charge in [-0.05, 0) is 48.9 Å². The normalized spacial score (nSPS) is 18.7. The monoisotopic (exact) mass is 377 g/mol. The van der Waals surface area contributed by atoms with Crippen LogP contribution in [0.5, 0.6) is 0 Å². The Morgan fingerprint density at radius 1 is 1.00 bits per heavy atom. The van der Waals surface area contributed by atoms with E-state index in [1.165, 1.54) is 28.6 Å². The lowest BCUT2D eigenvalue weighted by Gasteiger charge is -2.41. The minimum atomic E-state index is 0.264. The molecular weight excluding hydrogens is 346 g/mol. The fourth-order valence-electron chi connectivity index (χ4n) is 4.41. The zero-order valence-corrected chi connectivity index (χ0v) is 16.6. The number of aromatic nitrogens is 1. The molecule has 4 rings (SSSR count). The Labute approximate surface area is 167 Å². The number of para-hydroxylation sites is 1. The smallest absolute Gasteiger partial charge is 0.0456 e. The van der Waals surface area contributed by atoms with E-state index in [0.29, 0.717) is 6.04 Å². The summed E-state index contributed by atoms with van der Waals surface area (Å²) in [7, 11) is 0. The molecule has 2 heterocycles. The summed E-state index contributed by atoms with van der Waals surface area (Å²) in [5.74, 6) is 0. The van der Waals surface area contributed by atoms with Crippen molar-refractivity contribution in [2.24, 2.45) is 0 Å². The van der Waals surface area contributed by atoms with E-state index in [1.54, 1.807) is 0 Å². The zero-order chi connectivity index (χ0) is 19.2. The number of nitrogens with zero attached hydrogens (tertiary/aromatic N) is 2. The van der Waals surface area contributed by atoms with Gasteiger partial charge in [0.25, 0.3) is 0 Å². The molecule has 1 aliphatic heterocycles. The Bertz CT molecular complexity index is 827. The van der Waals surface area contributed by atoms with Gasteiger partial charge < -0.3 is 10.1 Å². The number of hydrogen-bond donors (Lipinski definition) is 2. The third-order valence-electron chi connectivity index (χ3n) is 5.88. The van der Waals surface area contributed by atoms with Crippen LogP contribution in [-0.2, 0) is 13.0 Å². The molecule has 2 aromatic carbocycles. The van der Waals surface area contributed by atoms with Gasteiger partial charge in [0.1, 0.15) is 0 Å². The van der Waals surface area contributed by atoms with Crippen LogP contribution in [0.15, 0.2) is 60.7 Å². The van der Waals surface area contributed by atoms with Gasteiger partial charge in [-0.2, -0.15) is 0 Å². The van der Waals surface area contributed by atoms with Crippen molar-refractivity contribution in [1.82, 2.24) is 14.8 Å². The van der Waals surface area contributed by atoms with Gasteiger partial charge in [-0.25, -0.2) is 0 Å². The van der Waals surface area contributed by atoms with E-state index in [9.17, 15) is 5.11 Å². The van der Waals surface area contributed by atoms with Gasteiger partial charge in [-0.3, -0.25) is 9.80 Å². The number of aliphatic hydroxyl groups excluding tert-OH is 1. The predicted molar refractivity (Wildman–Crippen MR) is 115 cm³/mol. The Kier molecular flexibility index (Phi) is 6.42. The third kappa shape index (κ3) is 4.82. The SMILES string of the molecule is OCCC1CN(Cc2cc3ccccc3[nH]2)CCN1CCCc1ccccc1. The number of nitrogens with one attached hydrogen (secondary N) is 1. The predicted octanol–water partition coefficient (Wildman–Crippen LogP) is 3.67. The first-order valence-electron chi connectivity index (χ1n) is 10.5. The van der Waals surface area contributed by atoms with Crippen molar-refractivity contribution in [3.05, 3.63) is 71.9 Å². The molecule has 28 heavy (non-hydrogen) atoms. The van der Waals surface area contributed by atoms with Crippen LogP contribution < -0.4 is 0 Å². The number of fused-ring (bicyclic) bond motifs is 1. The fraction of sp³-hybridized carbons (Fsp3) is 0.417. The highest BCUT2D eigenvalue weighted by Gasteiger charge is 2.26.